The molecular formula is C20H28IN3O2. The maximum Gasteiger partial charge on any atom is 0.193 e. The maximum atomic E-state index is 5.43. The van der Waals surface area contributed by atoms with Crippen molar-refractivity contribution in [2.75, 3.05) is 34.9 Å². The van der Waals surface area contributed by atoms with Gasteiger partial charge in [0, 0.05) is 27.2 Å². The molecule has 6 heteroatoms. The van der Waals surface area contributed by atoms with Gasteiger partial charge in [0.05, 0.1) is 14.2 Å². The van der Waals surface area contributed by atoms with Crippen molar-refractivity contribution >= 4 is 29.9 Å². The van der Waals surface area contributed by atoms with Crippen LogP contribution in [0.15, 0.2) is 53.5 Å². The Labute approximate surface area is 173 Å². The topological polar surface area (TPSA) is 46.1 Å². The van der Waals surface area contributed by atoms with Crippen LogP contribution in [0, 0.1) is 0 Å². The van der Waals surface area contributed by atoms with Crippen molar-refractivity contribution in [2.24, 2.45) is 4.99 Å². The number of aliphatic imine (C=N–C) groups is 1. The molecule has 0 spiro atoms. The third-order valence-corrected chi connectivity index (χ3v) is 4.00. The van der Waals surface area contributed by atoms with Gasteiger partial charge < -0.3 is 19.7 Å². The van der Waals surface area contributed by atoms with E-state index in [2.05, 4.69) is 39.5 Å². The molecule has 1 N–H and O–H groups in total. The molecule has 0 aliphatic rings. The Morgan fingerprint density at radius 1 is 1.08 bits per heavy atom. The lowest BCUT2D eigenvalue weighted by atomic mass is 10.1. The first-order chi connectivity index (χ1) is 12.2. The first kappa shape index (κ1) is 22.1. The molecule has 0 amide bonds. The number of benzene rings is 2. The standard InChI is InChI=1S/C20H27N3O2.HI/c1-21-20(23(2)15-16-8-6-5-7-9-16)22-13-12-17-14-18(24-3)10-11-19(17)25-4;/h5-11,14H,12-13,15H2,1-4H3,(H,21,22);1H. The van der Waals surface area contributed by atoms with Gasteiger partial charge in [-0.2, -0.15) is 0 Å². The highest BCUT2D eigenvalue weighted by molar-refractivity contribution is 14.0. The Balaban J connectivity index is 0.00000338. The van der Waals surface area contributed by atoms with Gasteiger partial charge in [-0.25, -0.2) is 0 Å². The van der Waals surface area contributed by atoms with Gasteiger partial charge in [-0.3, -0.25) is 4.99 Å². The first-order valence-corrected chi connectivity index (χ1v) is 8.34. The molecule has 2 rings (SSSR count). The predicted molar refractivity (Wildman–Crippen MR) is 118 cm³/mol. The van der Waals surface area contributed by atoms with Gasteiger partial charge in [0.1, 0.15) is 11.5 Å². The summed E-state index contributed by atoms with van der Waals surface area (Å²) < 4.78 is 10.7. The Morgan fingerprint density at radius 2 is 1.81 bits per heavy atom. The summed E-state index contributed by atoms with van der Waals surface area (Å²) in [6.45, 7) is 1.57. The molecular weight excluding hydrogens is 441 g/mol. The molecule has 0 aromatic heterocycles. The molecule has 2 aromatic rings. The molecule has 0 atom stereocenters. The molecule has 142 valence electrons. The zero-order valence-electron chi connectivity index (χ0n) is 15.9. The Kier molecular flexibility index (Phi) is 9.87. The van der Waals surface area contributed by atoms with Crippen molar-refractivity contribution in [1.82, 2.24) is 10.2 Å². The molecule has 0 fully saturated rings. The van der Waals surface area contributed by atoms with Crippen LogP contribution in [0.4, 0.5) is 0 Å². The quantitative estimate of drug-likeness (QED) is 0.383. The van der Waals surface area contributed by atoms with Crippen LogP contribution in [-0.2, 0) is 13.0 Å². The molecule has 0 unspecified atom stereocenters. The van der Waals surface area contributed by atoms with Crippen molar-refractivity contribution in [3.63, 3.8) is 0 Å². The average molecular weight is 469 g/mol. The van der Waals surface area contributed by atoms with Crippen LogP contribution >= 0.6 is 24.0 Å². The molecule has 0 aliphatic carbocycles. The normalized spacial score (nSPS) is 10.7. The number of halogens is 1. The fraction of sp³-hybridized carbons (Fsp3) is 0.350. The van der Waals surface area contributed by atoms with E-state index in [0.717, 1.165) is 42.5 Å². The van der Waals surface area contributed by atoms with Gasteiger partial charge in [-0.15, -0.1) is 24.0 Å². The number of hydrogen-bond acceptors (Lipinski definition) is 3. The van der Waals surface area contributed by atoms with E-state index in [0.29, 0.717) is 0 Å². The predicted octanol–water partition coefficient (Wildman–Crippen LogP) is 3.57. The van der Waals surface area contributed by atoms with Crippen molar-refractivity contribution in [3.05, 3.63) is 59.7 Å². The third kappa shape index (κ3) is 6.40. The third-order valence-electron chi connectivity index (χ3n) is 4.00. The van der Waals surface area contributed by atoms with Gasteiger partial charge >= 0.3 is 0 Å². The average Bonchev–Trinajstić information content (AvgIpc) is 2.65. The summed E-state index contributed by atoms with van der Waals surface area (Å²) in [4.78, 5) is 6.48. The fourth-order valence-corrected chi connectivity index (χ4v) is 2.70. The van der Waals surface area contributed by atoms with Gasteiger partial charge in [0.15, 0.2) is 5.96 Å². The fourth-order valence-electron chi connectivity index (χ4n) is 2.70. The second kappa shape index (κ2) is 11.6. The highest BCUT2D eigenvalue weighted by Crippen LogP contribution is 2.24. The zero-order chi connectivity index (χ0) is 18.1. The minimum absolute atomic E-state index is 0. The summed E-state index contributed by atoms with van der Waals surface area (Å²) in [7, 11) is 7.19. The van der Waals surface area contributed by atoms with Gasteiger partial charge in [-0.1, -0.05) is 30.3 Å². The summed E-state index contributed by atoms with van der Waals surface area (Å²) in [5.41, 5.74) is 2.36. The molecule has 5 nitrogen and oxygen atoms in total. The molecule has 0 heterocycles. The van der Waals surface area contributed by atoms with Crippen LogP contribution in [0.1, 0.15) is 11.1 Å². The van der Waals surface area contributed by atoms with Crippen LogP contribution in [-0.4, -0.2) is 45.7 Å². The number of nitrogens with one attached hydrogen (secondary N) is 1. The first-order valence-electron chi connectivity index (χ1n) is 8.34. The number of rotatable bonds is 7. The Bertz CT molecular complexity index is 693. The van der Waals surface area contributed by atoms with E-state index in [1.165, 1.54) is 5.56 Å². The Morgan fingerprint density at radius 3 is 2.42 bits per heavy atom. The molecule has 2 aromatic carbocycles. The van der Waals surface area contributed by atoms with E-state index in [9.17, 15) is 0 Å². The highest BCUT2D eigenvalue weighted by atomic mass is 127. The van der Waals surface area contributed by atoms with E-state index in [4.69, 9.17) is 9.47 Å². The minimum atomic E-state index is 0. The summed E-state index contributed by atoms with van der Waals surface area (Å²) >= 11 is 0. The van der Waals surface area contributed by atoms with E-state index in [-0.39, 0.29) is 24.0 Å². The smallest absolute Gasteiger partial charge is 0.193 e. The molecule has 0 radical (unpaired) electrons. The lowest BCUT2D eigenvalue weighted by Gasteiger charge is -2.22. The maximum absolute atomic E-state index is 5.43. The highest BCUT2D eigenvalue weighted by Gasteiger charge is 2.08. The zero-order valence-corrected chi connectivity index (χ0v) is 18.2. The summed E-state index contributed by atoms with van der Waals surface area (Å²) in [5, 5.41) is 3.41. The summed E-state index contributed by atoms with van der Waals surface area (Å²) in [6, 6.07) is 16.2. The summed E-state index contributed by atoms with van der Waals surface area (Å²) in [5.74, 6) is 2.57. The number of nitrogens with zero attached hydrogens (tertiary/aromatic N) is 2. The number of hydrogen-bond donors (Lipinski definition) is 1. The van der Waals surface area contributed by atoms with Crippen LogP contribution in [0.5, 0.6) is 11.5 Å². The van der Waals surface area contributed by atoms with E-state index >= 15 is 0 Å². The van der Waals surface area contributed by atoms with Crippen molar-refractivity contribution < 1.29 is 9.47 Å². The van der Waals surface area contributed by atoms with Gasteiger partial charge in [-0.05, 0) is 35.7 Å². The minimum Gasteiger partial charge on any atom is -0.497 e. The Hall–Kier alpha value is -1.96. The van der Waals surface area contributed by atoms with Crippen LogP contribution in [0.2, 0.25) is 0 Å². The largest absolute Gasteiger partial charge is 0.497 e. The molecule has 0 saturated carbocycles. The van der Waals surface area contributed by atoms with Gasteiger partial charge in [0.2, 0.25) is 0 Å². The van der Waals surface area contributed by atoms with Crippen LogP contribution in [0.25, 0.3) is 0 Å². The monoisotopic (exact) mass is 469 g/mol. The SMILES string of the molecule is CN=C(NCCc1cc(OC)ccc1OC)N(C)Cc1ccccc1.I. The van der Waals surface area contributed by atoms with E-state index < -0.39 is 0 Å². The second-order valence-electron chi connectivity index (χ2n) is 5.74. The number of guanidine groups is 1. The molecule has 0 bridgehead atoms. The molecule has 0 saturated heterocycles. The second-order valence-corrected chi connectivity index (χ2v) is 5.74. The summed E-state index contributed by atoms with van der Waals surface area (Å²) in [6.07, 6.45) is 0.818. The van der Waals surface area contributed by atoms with E-state index in [1.807, 2.05) is 31.3 Å². The lowest BCUT2D eigenvalue weighted by Crippen LogP contribution is -2.39. The number of methoxy groups -OCH3 is 2. The van der Waals surface area contributed by atoms with Gasteiger partial charge in [0.25, 0.3) is 0 Å². The van der Waals surface area contributed by atoms with Crippen molar-refractivity contribution in [2.45, 2.75) is 13.0 Å². The van der Waals surface area contributed by atoms with Crippen molar-refractivity contribution in [1.29, 1.82) is 0 Å². The lowest BCUT2D eigenvalue weighted by molar-refractivity contribution is 0.398. The van der Waals surface area contributed by atoms with Crippen LogP contribution in [0.3, 0.4) is 0 Å². The van der Waals surface area contributed by atoms with Crippen LogP contribution < -0.4 is 14.8 Å². The van der Waals surface area contributed by atoms with Crippen molar-refractivity contribution in [3.8, 4) is 11.5 Å². The number of ether oxygens (including phenoxy) is 2. The molecule has 0 aliphatic heterocycles. The molecule has 26 heavy (non-hydrogen) atoms. The van der Waals surface area contributed by atoms with E-state index in [1.54, 1.807) is 21.3 Å².